The second-order valence-corrected chi connectivity index (χ2v) is 11.1. The molecule has 3 heterocycles. The van der Waals surface area contributed by atoms with Gasteiger partial charge < -0.3 is 15.2 Å². The molecule has 0 amide bonds. The Kier molecular flexibility index (Phi) is 8.15. The molecule has 1 aliphatic rings. The van der Waals surface area contributed by atoms with Gasteiger partial charge in [-0.15, -0.1) is 16.3 Å². The molecule has 1 aliphatic heterocycles. The van der Waals surface area contributed by atoms with E-state index in [1.165, 1.54) is 11.3 Å². The van der Waals surface area contributed by atoms with Crippen LogP contribution in [0.5, 0.6) is 0 Å². The number of rotatable bonds is 9. The second kappa shape index (κ2) is 11.0. The third kappa shape index (κ3) is 5.97. The van der Waals surface area contributed by atoms with E-state index in [4.69, 9.17) is 27.1 Å². The number of hydrogen-bond donors (Lipinski definition) is 2. The maximum atomic E-state index is 13.0. The summed E-state index contributed by atoms with van der Waals surface area (Å²) in [6, 6.07) is 6.71. The van der Waals surface area contributed by atoms with E-state index in [2.05, 4.69) is 26.6 Å². The zero-order valence-corrected chi connectivity index (χ0v) is 21.5. The van der Waals surface area contributed by atoms with E-state index in [1.54, 1.807) is 30.5 Å². The number of alkyl halides is 2. The van der Waals surface area contributed by atoms with Crippen LogP contribution in [0.4, 0.5) is 24.9 Å². The number of thiazole rings is 1. The smallest absolute Gasteiger partial charge is 0.381 e. The summed E-state index contributed by atoms with van der Waals surface area (Å²) in [7, 11) is -1.97. The van der Waals surface area contributed by atoms with Gasteiger partial charge in [0, 0.05) is 30.4 Å². The Morgan fingerprint density at radius 3 is 2.75 bits per heavy atom. The molecule has 0 saturated carbocycles. The number of nitrogens with two attached hydrogens (primary N) is 1. The second-order valence-electron chi connectivity index (χ2n) is 8.45. The zero-order chi connectivity index (χ0) is 25.9. The van der Waals surface area contributed by atoms with Gasteiger partial charge in [-0.2, -0.15) is 8.78 Å². The number of nitrogen functional groups attached to an aromatic ring is 1. The lowest BCUT2D eigenvalue weighted by molar-refractivity contribution is -0.354. The minimum absolute atomic E-state index is 0.108. The van der Waals surface area contributed by atoms with Gasteiger partial charge in [-0.25, -0.2) is 19.2 Å². The summed E-state index contributed by atoms with van der Waals surface area (Å²) in [5, 5.41) is 1.08. The molecule has 2 aromatic heterocycles. The molecule has 194 valence electrons. The van der Waals surface area contributed by atoms with E-state index in [1.807, 2.05) is 0 Å². The average Bonchev–Trinajstić information content (AvgIpc) is 3.31. The van der Waals surface area contributed by atoms with E-state index in [-0.39, 0.29) is 22.1 Å². The van der Waals surface area contributed by atoms with Gasteiger partial charge >= 0.3 is 6.11 Å². The minimum atomic E-state index is -4.02. The number of nitrogens with zero attached hydrogens (tertiary/aromatic N) is 3. The summed E-state index contributed by atoms with van der Waals surface area (Å²) < 4.78 is 58.4. The fourth-order valence-corrected chi connectivity index (χ4v) is 6.20. The Labute approximate surface area is 216 Å². The number of aromatic nitrogens is 3. The van der Waals surface area contributed by atoms with E-state index in [9.17, 15) is 17.5 Å². The van der Waals surface area contributed by atoms with Crippen LogP contribution in [-0.4, -0.2) is 44.2 Å². The lowest BCUT2D eigenvalue weighted by Crippen LogP contribution is -2.30. The van der Waals surface area contributed by atoms with Crippen LogP contribution in [0.2, 0.25) is 5.02 Å². The lowest BCUT2D eigenvalue weighted by atomic mass is 9.83. The SMILES string of the molecule is CC1(c2nc(-c3cccc(NS(=O)CCC(F)(F)OF)c3Cl)c(-c3ccnc(N)n3)s2)CCOCC1. The summed E-state index contributed by atoms with van der Waals surface area (Å²) in [5.41, 5.74) is 7.52. The predicted octanol–water partition coefficient (Wildman–Crippen LogP) is 5.53. The molecule has 3 N–H and O–H groups in total. The van der Waals surface area contributed by atoms with Gasteiger partial charge in [-0.3, -0.25) is 0 Å². The topological polar surface area (TPSA) is 112 Å². The Balaban J connectivity index is 1.72. The van der Waals surface area contributed by atoms with Crippen molar-refractivity contribution in [1.29, 1.82) is 0 Å². The van der Waals surface area contributed by atoms with Crippen molar-refractivity contribution in [2.24, 2.45) is 0 Å². The number of ether oxygens (including phenoxy) is 1. The molecular weight excluding hydrogens is 539 g/mol. The van der Waals surface area contributed by atoms with Crippen molar-refractivity contribution in [2.45, 2.75) is 37.7 Å². The van der Waals surface area contributed by atoms with Gasteiger partial charge in [0.1, 0.15) is 11.0 Å². The number of benzene rings is 1. The average molecular weight is 562 g/mol. The van der Waals surface area contributed by atoms with E-state index < -0.39 is 29.3 Å². The van der Waals surface area contributed by atoms with Crippen LogP contribution in [0.25, 0.3) is 21.8 Å². The Morgan fingerprint density at radius 1 is 1.31 bits per heavy atom. The van der Waals surface area contributed by atoms with Crippen LogP contribution < -0.4 is 10.5 Å². The van der Waals surface area contributed by atoms with Crippen molar-refractivity contribution in [1.82, 2.24) is 15.0 Å². The quantitative estimate of drug-likeness (QED) is 0.353. The highest BCUT2D eigenvalue weighted by Gasteiger charge is 2.35. The van der Waals surface area contributed by atoms with Gasteiger partial charge in [-0.1, -0.05) is 30.7 Å². The molecule has 8 nitrogen and oxygen atoms in total. The van der Waals surface area contributed by atoms with E-state index >= 15 is 0 Å². The summed E-state index contributed by atoms with van der Waals surface area (Å²) in [6.45, 7) is 3.38. The van der Waals surface area contributed by atoms with Gasteiger partial charge in [0.15, 0.2) is 0 Å². The molecule has 3 aromatic rings. The molecule has 0 radical (unpaired) electrons. The molecule has 1 atom stereocenters. The van der Waals surface area contributed by atoms with Crippen molar-refractivity contribution in [2.75, 3.05) is 29.4 Å². The van der Waals surface area contributed by atoms with Crippen LogP contribution in [0.15, 0.2) is 30.5 Å². The zero-order valence-electron chi connectivity index (χ0n) is 19.1. The van der Waals surface area contributed by atoms with Gasteiger partial charge in [0.2, 0.25) is 5.95 Å². The van der Waals surface area contributed by atoms with Gasteiger partial charge in [-0.05, 0) is 29.5 Å². The van der Waals surface area contributed by atoms with Crippen LogP contribution in [0.1, 0.15) is 31.2 Å². The number of hydrogen-bond acceptors (Lipinski definition) is 8. The first-order valence-electron chi connectivity index (χ1n) is 10.9. The lowest BCUT2D eigenvalue weighted by Gasteiger charge is -2.31. The number of anilines is 2. The number of halogens is 4. The van der Waals surface area contributed by atoms with Crippen LogP contribution in [0.3, 0.4) is 0 Å². The highest BCUT2D eigenvalue weighted by Crippen LogP contribution is 2.46. The van der Waals surface area contributed by atoms with Crippen LogP contribution in [-0.2, 0) is 26.1 Å². The van der Waals surface area contributed by atoms with E-state index in [0.717, 1.165) is 22.7 Å². The van der Waals surface area contributed by atoms with Gasteiger partial charge in [0.25, 0.3) is 0 Å². The molecule has 36 heavy (non-hydrogen) atoms. The highest BCUT2D eigenvalue weighted by molar-refractivity contribution is 7.86. The molecule has 0 bridgehead atoms. The van der Waals surface area contributed by atoms with Crippen molar-refractivity contribution in [3.8, 4) is 21.8 Å². The first kappa shape index (κ1) is 26.7. The fraction of sp³-hybridized carbons (Fsp3) is 0.409. The Hall–Kier alpha value is -2.32. The summed E-state index contributed by atoms with van der Waals surface area (Å²) in [5.74, 6) is -0.457. The monoisotopic (exact) mass is 561 g/mol. The molecule has 1 saturated heterocycles. The normalized spacial score (nSPS) is 16.6. The minimum Gasteiger partial charge on any atom is -0.381 e. The first-order chi connectivity index (χ1) is 17.1. The van der Waals surface area contributed by atoms with E-state index in [0.29, 0.717) is 30.2 Å². The summed E-state index contributed by atoms with van der Waals surface area (Å²) in [6.07, 6.45) is -1.94. The third-order valence-corrected chi connectivity index (χ3v) is 8.63. The summed E-state index contributed by atoms with van der Waals surface area (Å²) >= 11 is 8.16. The fourth-order valence-electron chi connectivity index (χ4n) is 3.69. The Bertz CT molecular complexity index is 1260. The van der Waals surface area contributed by atoms with Crippen molar-refractivity contribution in [3.05, 3.63) is 40.5 Å². The van der Waals surface area contributed by atoms with Crippen molar-refractivity contribution < 1.29 is 27.2 Å². The molecule has 14 heteroatoms. The predicted molar refractivity (Wildman–Crippen MR) is 134 cm³/mol. The van der Waals surface area contributed by atoms with Gasteiger partial charge in [0.05, 0.1) is 44.2 Å². The summed E-state index contributed by atoms with van der Waals surface area (Å²) in [4.78, 5) is 16.6. The first-order valence-corrected chi connectivity index (χ1v) is 13.4. The largest absolute Gasteiger partial charge is 0.387 e. The number of nitrogens with one attached hydrogen (secondary N) is 1. The molecule has 0 aliphatic carbocycles. The standard InChI is InChI=1S/C22H23ClF3N5O3S2/c1-21(6-10-33-11-7-21)19-30-17(18(35-19)15-5-9-28-20(27)29-15)13-3-2-4-14(16(13)23)31-36(32)12-8-22(24,25)34-26/h2-5,9,31H,6-8,10-12H2,1H3,(H2,27,28,29). The molecule has 1 unspecified atom stereocenters. The maximum Gasteiger partial charge on any atom is 0.387 e. The maximum absolute atomic E-state index is 13.0. The molecule has 4 rings (SSSR count). The molecular formula is C22H23ClF3N5O3S2. The molecule has 0 spiro atoms. The third-order valence-electron chi connectivity index (χ3n) is 5.82. The molecule has 1 fully saturated rings. The van der Waals surface area contributed by atoms with Crippen LogP contribution in [0, 0.1) is 0 Å². The molecule has 1 aromatic carbocycles. The van der Waals surface area contributed by atoms with Crippen molar-refractivity contribution in [3.63, 3.8) is 0 Å². The highest BCUT2D eigenvalue weighted by atomic mass is 35.5. The van der Waals surface area contributed by atoms with Crippen molar-refractivity contribution >= 4 is 45.6 Å². The Morgan fingerprint density at radius 2 is 2.06 bits per heavy atom. The van der Waals surface area contributed by atoms with Crippen LogP contribution >= 0.6 is 22.9 Å².